The molecule has 120 valence electrons. The van der Waals surface area contributed by atoms with Crippen LogP contribution in [0.2, 0.25) is 5.02 Å². The maximum atomic E-state index is 12.4. The SMILES string of the molecule is O=C(NC1CC2CCC(C1)N2)c1csc(-c2ccc(Cl)cc2)n1. The van der Waals surface area contributed by atoms with E-state index >= 15 is 0 Å². The lowest BCUT2D eigenvalue weighted by molar-refractivity contribution is 0.0919. The first-order valence-corrected chi connectivity index (χ1v) is 9.21. The van der Waals surface area contributed by atoms with Crippen molar-refractivity contribution in [2.45, 2.75) is 43.8 Å². The minimum atomic E-state index is -0.0623. The molecule has 2 saturated heterocycles. The third kappa shape index (κ3) is 3.27. The Morgan fingerprint density at radius 2 is 1.91 bits per heavy atom. The standard InChI is InChI=1S/C17H18ClN3OS/c18-11-3-1-10(2-4-11)17-21-15(9-23-17)16(22)20-14-7-12-5-6-13(8-14)19-12/h1-4,9,12-14,19H,5-8H2,(H,20,22). The molecule has 23 heavy (non-hydrogen) atoms. The number of benzene rings is 1. The van der Waals surface area contributed by atoms with Crippen LogP contribution in [0.5, 0.6) is 0 Å². The summed E-state index contributed by atoms with van der Waals surface area (Å²) in [6.07, 6.45) is 4.51. The molecule has 2 bridgehead atoms. The average Bonchev–Trinajstić information content (AvgIpc) is 3.15. The Labute approximate surface area is 144 Å². The molecule has 2 fully saturated rings. The minimum absolute atomic E-state index is 0.0623. The maximum Gasteiger partial charge on any atom is 0.270 e. The molecule has 2 unspecified atom stereocenters. The molecule has 3 heterocycles. The van der Waals surface area contributed by atoms with Gasteiger partial charge in [-0.3, -0.25) is 4.79 Å². The Morgan fingerprint density at radius 3 is 2.61 bits per heavy atom. The van der Waals surface area contributed by atoms with Crippen molar-refractivity contribution in [1.82, 2.24) is 15.6 Å². The molecule has 6 heteroatoms. The van der Waals surface area contributed by atoms with Crippen LogP contribution in [0.4, 0.5) is 0 Å². The van der Waals surface area contributed by atoms with Gasteiger partial charge in [-0.2, -0.15) is 0 Å². The fourth-order valence-electron chi connectivity index (χ4n) is 3.54. The summed E-state index contributed by atoms with van der Waals surface area (Å²) in [6, 6.07) is 8.92. The quantitative estimate of drug-likeness (QED) is 0.893. The minimum Gasteiger partial charge on any atom is -0.348 e. The van der Waals surface area contributed by atoms with E-state index in [9.17, 15) is 4.79 Å². The molecule has 2 aliphatic heterocycles. The Hall–Kier alpha value is -1.43. The molecular formula is C17H18ClN3OS. The largest absolute Gasteiger partial charge is 0.348 e. The zero-order valence-corrected chi connectivity index (χ0v) is 14.2. The van der Waals surface area contributed by atoms with Gasteiger partial charge in [-0.25, -0.2) is 4.98 Å². The van der Waals surface area contributed by atoms with Gasteiger partial charge in [-0.1, -0.05) is 23.7 Å². The number of carbonyl (C=O) groups is 1. The number of hydrogen-bond donors (Lipinski definition) is 2. The summed E-state index contributed by atoms with van der Waals surface area (Å²) < 4.78 is 0. The van der Waals surface area contributed by atoms with Crippen molar-refractivity contribution >= 4 is 28.8 Å². The smallest absolute Gasteiger partial charge is 0.270 e. The van der Waals surface area contributed by atoms with Crippen LogP contribution in [0, 0.1) is 0 Å². The lowest BCUT2D eigenvalue weighted by Crippen LogP contribution is -2.48. The number of aromatic nitrogens is 1. The van der Waals surface area contributed by atoms with Gasteiger partial charge in [0.15, 0.2) is 0 Å². The van der Waals surface area contributed by atoms with Crippen molar-refractivity contribution in [2.75, 3.05) is 0 Å². The van der Waals surface area contributed by atoms with Crippen LogP contribution >= 0.6 is 22.9 Å². The number of hydrogen-bond acceptors (Lipinski definition) is 4. The van der Waals surface area contributed by atoms with Crippen LogP contribution in [0.15, 0.2) is 29.6 Å². The second-order valence-corrected chi connectivity index (χ2v) is 7.62. The molecule has 2 aliphatic rings. The number of nitrogens with zero attached hydrogens (tertiary/aromatic N) is 1. The predicted octanol–water partition coefficient (Wildman–Crippen LogP) is 3.48. The molecule has 1 aromatic carbocycles. The summed E-state index contributed by atoms with van der Waals surface area (Å²) >= 11 is 7.39. The number of nitrogens with one attached hydrogen (secondary N) is 2. The summed E-state index contributed by atoms with van der Waals surface area (Å²) in [4.78, 5) is 16.9. The van der Waals surface area contributed by atoms with Crippen molar-refractivity contribution in [2.24, 2.45) is 0 Å². The van der Waals surface area contributed by atoms with Crippen molar-refractivity contribution in [3.63, 3.8) is 0 Å². The van der Waals surface area contributed by atoms with Gasteiger partial charge in [0.05, 0.1) is 0 Å². The van der Waals surface area contributed by atoms with Crippen LogP contribution in [0.25, 0.3) is 10.6 Å². The van der Waals surface area contributed by atoms with Crippen LogP contribution < -0.4 is 10.6 Å². The Morgan fingerprint density at radius 1 is 1.22 bits per heavy atom. The van der Waals surface area contributed by atoms with Crippen LogP contribution in [0.3, 0.4) is 0 Å². The molecule has 4 nitrogen and oxygen atoms in total. The number of carbonyl (C=O) groups excluding carboxylic acids is 1. The number of thiazole rings is 1. The maximum absolute atomic E-state index is 12.4. The highest BCUT2D eigenvalue weighted by Gasteiger charge is 2.34. The van der Waals surface area contributed by atoms with E-state index < -0.39 is 0 Å². The van der Waals surface area contributed by atoms with E-state index in [0.717, 1.165) is 23.4 Å². The van der Waals surface area contributed by atoms with Crippen molar-refractivity contribution in [1.29, 1.82) is 0 Å². The first-order chi connectivity index (χ1) is 11.2. The fraction of sp³-hybridized carbons (Fsp3) is 0.412. The lowest BCUT2D eigenvalue weighted by Gasteiger charge is -2.29. The normalized spacial score (nSPS) is 26.2. The van der Waals surface area contributed by atoms with E-state index in [-0.39, 0.29) is 11.9 Å². The summed E-state index contributed by atoms with van der Waals surface area (Å²) in [5.74, 6) is -0.0623. The molecule has 2 aromatic rings. The summed E-state index contributed by atoms with van der Waals surface area (Å²) in [6.45, 7) is 0. The molecule has 0 spiro atoms. The zero-order chi connectivity index (χ0) is 15.8. The molecule has 2 atom stereocenters. The van der Waals surface area contributed by atoms with Gasteiger partial charge >= 0.3 is 0 Å². The molecule has 0 radical (unpaired) electrons. The Balaban J connectivity index is 1.44. The Kier molecular flexibility index (Phi) is 4.09. The van der Waals surface area contributed by atoms with E-state index in [4.69, 9.17) is 11.6 Å². The molecule has 1 aromatic heterocycles. The molecule has 1 amide bonds. The first-order valence-electron chi connectivity index (χ1n) is 7.96. The summed E-state index contributed by atoms with van der Waals surface area (Å²) in [5.41, 5.74) is 1.49. The van der Waals surface area contributed by atoms with Gasteiger partial charge in [0.2, 0.25) is 0 Å². The van der Waals surface area contributed by atoms with E-state index in [1.807, 2.05) is 29.6 Å². The summed E-state index contributed by atoms with van der Waals surface area (Å²) in [7, 11) is 0. The van der Waals surface area contributed by atoms with E-state index in [1.165, 1.54) is 24.2 Å². The second kappa shape index (κ2) is 6.23. The number of fused-ring (bicyclic) bond motifs is 2. The topological polar surface area (TPSA) is 54.0 Å². The molecular weight excluding hydrogens is 330 g/mol. The van der Waals surface area contributed by atoms with Crippen LogP contribution in [-0.4, -0.2) is 29.0 Å². The van der Waals surface area contributed by atoms with Crippen molar-refractivity contribution in [3.05, 3.63) is 40.4 Å². The molecule has 0 aliphatic carbocycles. The third-order valence-electron chi connectivity index (χ3n) is 4.64. The number of piperidine rings is 1. The molecule has 4 rings (SSSR count). The van der Waals surface area contributed by atoms with Crippen LogP contribution in [-0.2, 0) is 0 Å². The van der Waals surface area contributed by atoms with Crippen molar-refractivity contribution in [3.8, 4) is 10.6 Å². The highest BCUT2D eigenvalue weighted by molar-refractivity contribution is 7.13. The molecule has 0 saturated carbocycles. The summed E-state index contributed by atoms with van der Waals surface area (Å²) in [5, 5.41) is 10.1. The van der Waals surface area contributed by atoms with Gasteiger partial charge in [0.1, 0.15) is 10.7 Å². The highest BCUT2D eigenvalue weighted by atomic mass is 35.5. The van der Waals surface area contributed by atoms with Crippen molar-refractivity contribution < 1.29 is 4.79 Å². The van der Waals surface area contributed by atoms with Gasteiger partial charge in [0, 0.05) is 34.1 Å². The fourth-order valence-corrected chi connectivity index (χ4v) is 4.47. The molecule has 2 N–H and O–H groups in total. The van der Waals surface area contributed by atoms with E-state index in [0.29, 0.717) is 22.8 Å². The van der Waals surface area contributed by atoms with Gasteiger partial charge in [-0.15, -0.1) is 11.3 Å². The van der Waals surface area contributed by atoms with Gasteiger partial charge < -0.3 is 10.6 Å². The van der Waals surface area contributed by atoms with Crippen LogP contribution in [0.1, 0.15) is 36.2 Å². The zero-order valence-electron chi connectivity index (χ0n) is 12.6. The van der Waals surface area contributed by atoms with Gasteiger partial charge in [-0.05, 0) is 37.8 Å². The monoisotopic (exact) mass is 347 g/mol. The Bertz CT molecular complexity index is 703. The first kappa shape index (κ1) is 15.1. The predicted molar refractivity (Wildman–Crippen MR) is 93.0 cm³/mol. The third-order valence-corrected chi connectivity index (χ3v) is 5.78. The van der Waals surface area contributed by atoms with E-state index in [2.05, 4.69) is 15.6 Å². The number of amides is 1. The number of halogens is 1. The second-order valence-electron chi connectivity index (χ2n) is 6.32. The highest BCUT2D eigenvalue weighted by Crippen LogP contribution is 2.28. The number of rotatable bonds is 3. The van der Waals surface area contributed by atoms with Gasteiger partial charge in [0.25, 0.3) is 5.91 Å². The lowest BCUT2D eigenvalue weighted by atomic mass is 10.00. The van der Waals surface area contributed by atoms with E-state index in [1.54, 1.807) is 0 Å². The average molecular weight is 348 g/mol.